The number of hydrogen-bond acceptors (Lipinski definition) is 5. The minimum absolute atomic E-state index is 0.205. The van der Waals surface area contributed by atoms with E-state index in [1.165, 1.54) is 0 Å². The number of ether oxygens (including phenoxy) is 1. The molecule has 1 amide bonds. The zero-order valence-corrected chi connectivity index (χ0v) is 21.2. The van der Waals surface area contributed by atoms with Crippen LogP contribution in [0.4, 0.5) is 5.69 Å². The first-order valence-corrected chi connectivity index (χ1v) is 12.1. The van der Waals surface area contributed by atoms with Gasteiger partial charge in [-0.3, -0.25) is 10.1 Å². The van der Waals surface area contributed by atoms with E-state index in [4.69, 9.17) is 26.4 Å². The Balaban J connectivity index is 1.48. The maximum Gasteiger partial charge on any atom is 0.257 e. The number of aromatic nitrogens is 1. The van der Waals surface area contributed by atoms with E-state index < -0.39 is 0 Å². The van der Waals surface area contributed by atoms with E-state index in [1.54, 1.807) is 18.2 Å². The molecular weight excluding hydrogens is 458 g/mol. The topological polar surface area (TPSA) is 76.4 Å². The van der Waals surface area contributed by atoms with Gasteiger partial charge in [-0.05, 0) is 92.5 Å². The van der Waals surface area contributed by atoms with Crippen molar-refractivity contribution in [3.05, 3.63) is 76.9 Å². The van der Waals surface area contributed by atoms with Gasteiger partial charge in [0.1, 0.15) is 11.3 Å². The van der Waals surface area contributed by atoms with Gasteiger partial charge in [-0.1, -0.05) is 31.5 Å². The molecule has 35 heavy (non-hydrogen) atoms. The minimum atomic E-state index is -0.304. The lowest BCUT2D eigenvalue weighted by atomic mass is 10.1. The SMILES string of the molecule is CCCCOc1cccc(C(=O)NC(=S)Nc2cccc(-c3nc4cc(C)cc(C)c4o3)c2C)c1. The summed E-state index contributed by atoms with van der Waals surface area (Å²) in [4.78, 5) is 17.4. The second kappa shape index (κ2) is 10.7. The first kappa shape index (κ1) is 24.4. The predicted octanol–water partition coefficient (Wildman–Crippen LogP) is 6.73. The molecule has 0 fully saturated rings. The quantitative estimate of drug-likeness (QED) is 0.222. The number of carbonyl (C=O) groups excluding carboxylic acids is 1. The molecule has 4 rings (SSSR count). The summed E-state index contributed by atoms with van der Waals surface area (Å²) < 4.78 is 11.8. The van der Waals surface area contributed by atoms with Crippen LogP contribution in [-0.2, 0) is 0 Å². The summed E-state index contributed by atoms with van der Waals surface area (Å²) in [5.74, 6) is 0.907. The molecule has 0 unspecified atom stereocenters. The maximum atomic E-state index is 12.7. The third-order valence-corrected chi connectivity index (χ3v) is 5.93. The summed E-state index contributed by atoms with van der Waals surface area (Å²) in [6, 6.07) is 16.9. The number of carbonyl (C=O) groups is 1. The first-order valence-electron chi connectivity index (χ1n) is 11.7. The smallest absolute Gasteiger partial charge is 0.257 e. The molecule has 0 aliphatic carbocycles. The van der Waals surface area contributed by atoms with Gasteiger partial charge in [0, 0.05) is 16.8 Å². The third kappa shape index (κ3) is 5.69. The van der Waals surface area contributed by atoms with Gasteiger partial charge >= 0.3 is 0 Å². The van der Waals surface area contributed by atoms with Gasteiger partial charge in [0.05, 0.1) is 6.61 Å². The summed E-state index contributed by atoms with van der Waals surface area (Å²) in [6.07, 6.45) is 2.01. The number of nitrogens with zero attached hydrogens (tertiary/aromatic N) is 1. The van der Waals surface area contributed by atoms with Gasteiger partial charge in [0.2, 0.25) is 5.89 Å². The van der Waals surface area contributed by atoms with Crippen LogP contribution in [0.2, 0.25) is 0 Å². The molecule has 1 aromatic heterocycles. The Morgan fingerprint density at radius 3 is 2.69 bits per heavy atom. The lowest BCUT2D eigenvalue weighted by Gasteiger charge is -2.14. The van der Waals surface area contributed by atoms with Crippen LogP contribution in [0.15, 0.2) is 59.0 Å². The standard InChI is InChI=1S/C28H29N3O3S/c1-5-6-13-33-21-10-7-9-20(16-21)26(32)31-28(35)30-23-12-8-11-22(19(23)4)27-29-24-15-17(2)14-18(3)25(24)34-27/h7-12,14-16H,5-6,13H2,1-4H3,(H2,30,31,32,35). The fourth-order valence-corrected chi connectivity index (χ4v) is 4.09. The number of hydrogen-bond donors (Lipinski definition) is 2. The summed E-state index contributed by atoms with van der Waals surface area (Å²) in [5.41, 5.74) is 6.82. The van der Waals surface area contributed by atoms with Crippen molar-refractivity contribution < 1.29 is 13.9 Å². The van der Waals surface area contributed by atoms with Crippen molar-refractivity contribution in [2.24, 2.45) is 0 Å². The number of thiocarbonyl (C=S) groups is 1. The van der Waals surface area contributed by atoms with Crippen molar-refractivity contribution in [3.63, 3.8) is 0 Å². The molecule has 0 saturated heterocycles. The van der Waals surface area contributed by atoms with Crippen LogP contribution in [-0.4, -0.2) is 22.6 Å². The molecule has 0 aliphatic heterocycles. The fourth-order valence-electron chi connectivity index (χ4n) is 3.88. The summed E-state index contributed by atoms with van der Waals surface area (Å²) in [7, 11) is 0. The number of rotatable bonds is 7. The van der Waals surface area contributed by atoms with E-state index in [9.17, 15) is 4.79 Å². The Hall–Kier alpha value is -3.71. The lowest BCUT2D eigenvalue weighted by Crippen LogP contribution is -2.34. The van der Waals surface area contributed by atoms with Gasteiger partial charge in [-0.25, -0.2) is 4.98 Å². The number of oxazole rings is 1. The van der Waals surface area contributed by atoms with Crippen LogP contribution in [0.5, 0.6) is 5.75 Å². The minimum Gasteiger partial charge on any atom is -0.494 e. The Morgan fingerprint density at radius 2 is 1.89 bits per heavy atom. The summed E-state index contributed by atoms with van der Waals surface area (Å²) in [6.45, 7) is 8.75. The molecular formula is C28H29N3O3S. The monoisotopic (exact) mass is 487 g/mol. The molecule has 0 radical (unpaired) electrons. The van der Waals surface area contributed by atoms with Crippen LogP contribution >= 0.6 is 12.2 Å². The number of amides is 1. The van der Waals surface area contributed by atoms with Crippen LogP contribution in [0.3, 0.4) is 0 Å². The second-order valence-electron chi connectivity index (χ2n) is 8.57. The molecule has 3 aromatic carbocycles. The van der Waals surface area contributed by atoms with Crippen molar-refractivity contribution in [2.75, 3.05) is 11.9 Å². The number of benzene rings is 3. The van der Waals surface area contributed by atoms with Gasteiger partial charge in [-0.15, -0.1) is 0 Å². The van der Waals surface area contributed by atoms with Gasteiger partial charge in [-0.2, -0.15) is 0 Å². The molecule has 0 atom stereocenters. The molecule has 0 aliphatic rings. The van der Waals surface area contributed by atoms with E-state index in [0.29, 0.717) is 23.8 Å². The molecule has 0 saturated carbocycles. The summed E-state index contributed by atoms with van der Waals surface area (Å²) >= 11 is 5.42. The first-order chi connectivity index (χ1) is 16.9. The van der Waals surface area contributed by atoms with E-state index >= 15 is 0 Å². The zero-order chi connectivity index (χ0) is 24.9. The lowest BCUT2D eigenvalue weighted by molar-refractivity contribution is 0.0977. The Labute approximate surface area is 210 Å². The third-order valence-electron chi connectivity index (χ3n) is 5.72. The molecule has 2 N–H and O–H groups in total. The number of nitrogens with one attached hydrogen (secondary N) is 2. The highest BCUT2D eigenvalue weighted by Gasteiger charge is 2.16. The highest BCUT2D eigenvalue weighted by molar-refractivity contribution is 7.80. The number of unbranched alkanes of at least 4 members (excludes halogenated alkanes) is 1. The normalized spacial score (nSPS) is 10.9. The van der Waals surface area contributed by atoms with Crippen LogP contribution in [0.25, 0.3) is 22.6 Å². The maximum absolute atomic E-state index is 12.7. The van der Waals surface area contributed by atoms with Crippen LogP contribution in [0, 0.1) is 20.8 Å². The molecule has 4 aromatic rings. The van der Waals surface area contributed by atoms with Crippen molar-refractivity contribution in [2.45, 2.75) is 40.5 Å². The highest BCUT2D eigenvalue weighted by atomic mass is 32.1. The molecule has 0 bridgehead atoms. The van der Waals surface area contributed by atoms with Crippen molar-refractivity contribution in [1.82, 2.24) is 10.3 Å². The van der Waals surface area contributed by atoms with Crippen LogP contribution < -0.4 is 15.4 Å². The Kier molecular flexibility index (Phi) is 7.46. The second-order valence-corrected chi connectivity index (χ2v) is 8.97. The van der Waals surface area contributed by atoms with Crippen molar-refractivity contribution >= 4 is 40.0 Å². The van der Waals surface area contributed by atoms with E-state index in [2.05, 4.69) is 23.6 Å². The average Bonchev–Trinajstić information content (AvgIpc) is 3.25. The predicted molar refractivity (Wildman–Crippen MR) is 144 cm³/mol. The number of aryl methyl sites for hydroxylation is 2. The van der Waals surface area contributed by atoms with E-state index in [0.717, 1.165) is 51.9 Å². The molecule has 180 valence electrons. The van der Waals surface area contributed by atoms with Crippen LogP contribution in [0.1, 0.15) is 46.8 Å². The highest BCUT2D eigenvalue weighted by Crippen LogP contribution is 2.32. The van der Waals surface area contributed by atoms with Gasteiger partial charge in [0.25, 0.3) is 5.91 Å². The van der Waals surface area contributed by atoms with Gasteiger partial charge < -0.3 is 14.5 Å². The Morgan fingerprint density at radius 1 is 1.09 bits per heavy atom. The summed E-state index contributed by atoms with van der Waals surface area (Å²) in [5, 5.41) is 6.08. The molecule has 1 heterocycles. The molecule has 0 spiro atoms. The molecule has 7 heteroatoms. The van der Waals surface area contributed by atoms with Gasteiger partial charge in [0.15, 0.2) is 10.7 Å². The zero-order valence-electron chi connectivity index (χ0n) is 20.4. The largest absolute Gasteiger partial charge is 0.494 e. The Bertz CT molecular complexity index is 1390. The van der Waals surface area contributed by atoms with Crippen molar-refractivity contribution in [3.8, 4) is 17.2 Å². The van der Waals surface area contributed by atoms with E-state index in [1.807, 2.05) is 51.1 Å². The molecule has 6 nitrogen and oxygen atoms in total. The fraction of sp³-hybridized carbons (Fsp3) is 0.250. The van der Waals surface area contributed by atoms with E-state index in [-0.39, 0.29) is 11.0 Å². The average molecular weight is 488 g/mol. The number of fused-ring (bicyclic) bond motifs is 1. The number of anilines is 1. The van der Waals surface area contributed by atoms with Crippen molar-refractivity contribution in [1.29, 1.82) is 0 Å².